The molecule has 1 aliphatic heterocycles. The van der Waals surface area contributed by atoms with Crippen LogP contribution >= 0.6 is 0 Å². The first kappa shape index (κ1) is 13.5. The lowest BCUT2D eigenvalue weighted by molar-refractivity contribution is -0.149. The smallest absolute Gasteiger partial charge is 0.341 e. The zero-order valence-corrected chi connectivity index (χ0v) is 11.0. The summed E-state index contributed by atoms with van der Waals surface area (Å²) in [4.78, 5) is 11.9. The van der Waals surface area contributed by atoms with Gasteiger partial charge in [0.1, 0.15) is 5.60 Å². The van der Waals surface area contributed by atoms with Gasteiger partial charge in [0.25, 0.3) is 0 Å². The summed E-state index contributed by atoms with van der Waals surface area (Å²) in [5, 5.41) is 0. The van der Waals surface area contributed by atoms with Gasteiger partial charge in [-0.05, 0) is 26.2 Å². The fourth-order valence-electron chi connectivity index (χ4n) is 2.57. The molecule has 0 N–H and O–H groups in total. The molecule has 0 amide bonds. The summed E-state index contributed by atoms with van der Waals surface area (Å²) in [5.41, 5.74) is -0.892. The van der Waals surface area contributed by atoms with Crippen LogP contribution < -0.4 is 0 Å². The van der Waals surface area contributed by atoms with Crippen molar-refractivity contribution in [3.63, 3.8) is 0 Å². The number of carbonyl (C=O) groups excluding carboxylic acids is 1. The Morgan fingerprint density at radius 2 is 1.88 bits per heavy atom. The van der Waals surface area contributed by atoms with Crippen LogP contribution in [0.15, 0.2) is 0 Å². The Morgan fingerprint density at radius 1 is 1.19 bits per heavy atom. The van der Waals surface area contributed by atoms with Gasteiger partial charge in [0.05, 0.1) is 6.61 Å². The lowest BCUT2D eigenvalue weighted by atomic mass is 9.84. The van der Waals surface area contributed by atoms with E-state index < -0.39 is 5.60 Å². The van der Waals surface area contributed by atoms with Crippen molar-refractivity contribution in [1.82, 2.24) is 0 Å². The predicted octanol–water partition coefficient (Wildman–Crippen LogP) is 3.07. The highest BCUT2D eigenvalue weighted by Crippen LogP contribution is 2.56. The number of rotatable bonds is 7. The third-order valence-corrected chi connectivity index (χ3v) is 3.67. The van der Waals surface area contributed by atoms with E-state index >= 15 is 0 Å². The zero-order chi connectivity index (χ0) is 12.2. The molecule has 0 radical (unpaired) electrons. The van der Waals surface area contributed by atoms with E-state index in [1.807, 2.05) is 13.8 Å². The molecule has 1 aliphatic rings. The van der Waals surface area contributed by atoms with Crippen molar-refractivity contribution in [2.45, 2.75) is 71.0 Å². The Kier molecular flexibility index (Phi) is 4.36. The number of hydrogen-bond acceptors (Lipinski definition) is 3. The molecule has 2 unspecified atom stereocenters. The third-order valence-electron chi connectivity index (χ3n) is 3.67. The van der Waals surface area contributed by atoms with Crippen molar-refractivity contribution in [2.24, 2.45) is 0 Å². The van der Waals surface area contributed by atoms with Gasteiger partial charge in [0, 0.05) is 0 Å². The number of esters is 1. The second-order valence-electron chi connectivity index (χ2n) is 4.45. The molecule has 0 saturated carbocycles. The van der Waals surface area contributed by atoms with Crippen LogP contribution in [-0.2, 0) is 14.3 Å². The fourth-order valence-corrected chi connectivity index (χ4v) is 2.57. The molecule has 2 atom stereocenters. The van der Waals surface area contributed by atoms with Crippen molar-refractivity contribution in [1.29, 1.82) is 0 Å². The lowest BCUT2D eigenvalue weighted by Crippen LogP contribution is -2.35. The minimum Gasteiger partial charge on any atom is -0.464 e. The van der Waals surface area contributed by atoms with E-state index in [1.165, 1.54) is 0 Å². The van der Waals surface area contributed by atoms with Crippen LogP contribution in [0, 0.1) is 0 Å². The second kappa shape index (κ2) is 5.17. The van der Waals surface area contributed by atoms with Crippen LogP contribution in [0.5, 0.6) is 0 Å². The van der Waals surface area contributed by atoms with Crippen molar-refractivity contribution in [3.8, 4) is 0 Å². The summed E-state index contributed by atoms with van der Waals surface area (Å²) in [6.45, 7) is 8.51. The SMILES string of the molecule is CCCCC1(CC)OC1(CC)C(=O)OCC. The van der Waals surface area contributed by atoms with Gasteiger partial charge in [0.15, 0.2) is 5.60 Å². The van der Waals surface area contributed by atoms with Gasteiger partial charge < -0.3 is 9.47 Å². The van der Waals surface area contributed by atoms with Crippen LogP contribution in [0.2, 0.25) is 0 Å². The van der Waals surface area contributed by atoms with Gasteiger partial charge in [-0.3, -0.25) is 0 Å². The number of unbranched alkanes of at least 4 members (excludes halogenated alkanes) is 1. The molecule has 0 aromatic rings. The highest BCUT2D eigenvalue weighted by atomic mass is 16.7. The van der Waals surface area contributed by atoms with E-state index in [0.717, 1.165) is 25.7 Å². The number of ether oxygens (including phenoxy) is 2. The minimum absolute atomic E-state index is 0.171. The molecule has 94 valence electrons. The van der Waals surface area contributed by atoms with E-state index in [1.54, 1.807) is 0 Å². The quantitative estimate of drug-likeness (QED) is 0.496. The predicted molar refractivity (Wildman–Crippen MR) is 63.3 cm³/mol. The van der Waals surface area contributed by atoms with Crippen molar-refractivity contribution in [2.75, 3.05) is 6.61 Å². The largest absolute Gasteiger partial charge is 0.464 e. The van der Waals surface area contributed by atoms with Gasteiger partial charge in [-0.2, -0.15) is 0 Å². The zero-order valence-electron chi connectivity index (χ0n) is 11.0. The van der Waals surface area contributed by atoms with E-state index in [0.29, 0.717) is 13.0 Å². The standard InChI is InChI=1S/C13H24O3/c1-5-9-10-12(6-2)13(7-3,16-12)11(14)15-8-4/h5-10H2,1-4H3. The maximum absolute atomic E-state index is 11.9. The molecule has 3 heteroatoms. The van der Waals surface area contributed by atoms with E-state index in [-0.39, 0.29) is 11.6 Å². The van der Waals surface area contributed by atoms with Crippen molar-refractivity contribution >= 4 is 5.97 Å². The monoisotopic (exact) mass is 228 g/mol. The Morgan fingerprint density at radius 3 is 2.31 bits per heavy atom. The first-order valence-corrected chi connectivity index (χ1v) is 6.49. The molecule has 1 saturated heterocycles. The van der Waals surface area contributed by atoms with E-state index in [2.05, 4.69) is 13.8 Å². The molecule has 0 spiro atoms. The maximum Gasteiger partial charge on any atom is 0.341 e. The van der Waals surface area contributed by atoms with E-state index in [4.69, 9.17) is 9.47 Å². The van der Waals surface area contributed by atoms with Gasteiger partial charge in [-0.1, -0.05) is 33.6 Å². The number of carbonyl (C=O) groups is 1. The normalized spacial score (nSPS) is 32.5. The maximum atomic E-state index is 11.9. The highest BCUT2D eigenvalue weighted by molar-refractivity contribution is 5.84. The molecular weight excluding hydrogens is 204 g/mol. The minimum atomic E-state index is -0.646. The molecule has 1 fully saturated rings. The average molecular weight is 228 g/mol. The molecule has 0 aromatic carbocycles. The topological polar surface area (TPSA) is 38.8 Å². The summed E-state index contributed by atoms with van der Waals surface area (Å²) in [6.07, 6.45) is 4.80. The second-order valence-corrected chi connectivity index (χ2v) is 4.45. The first-order valence-electron chi connectivity index (χ1n) is 6.49. The fraction of sp³-hybridized carbons (Fsp3) is 0.923. The Bertz CT molecular complexity index is 252. The molecule has 0 bridgehead atoms. The van der Waals surface area contributed by atoms with Crippen molar-refractivity contribution in [3.05, 3.63) is 0 Å². The number of hydrogen-bond donors (Lipinski definition) is 0. The Labute approximate surface area is 98.5 Å². The Hall–Kier alpha value is -0.570. The van der Waals surface area contributed by atoms with Gasteiger partial charge in [0.2, 0.25) is 0 Å². The Balaban J connectivity index is 2.73. The molecule has 1 heterocycles. The summed E-state index contributed by atoms with van der Waals surface area (Å²) in [7, 11) is 0. The van der Waals surface area contributed by atoms with Crippen LogP contribution in [0.1, 0.15) is 59.8 Å². The van der Waals surface area contributed by atoms with Gasteiger partial charge in [-0.15, -0.1) is 0 Å². The van der Waals surface area contributed by atoms with Gasteiger partial charge in [-0.25, -0.2) is 4.79 Å². The van der Waals surface area contributed by atoms with Crippen LogP contribution in [0.3, 0.4) is 0 Å². The molecule has 3 nitrogen and oxygen atoms in total. The first-order chi connectivity index (χ1) is 7.62. The molecule has 0 aliphatic carbocycles. The third kappa shape index (κ3) is 1.97. The molecule has 1 rings (SSSR count). The lowest BCUT2D eigenvalue weighted by Gasteiger charge is -2.16. The summed E-state index contributed by atoms with van der Waals surface area (Å²) >= 11 is 0. The van der Waals surface area contributed by atoms with Crippen LogP contribution in [0.4, 0.5) is 0 Å². The van der Waals surface area contributed by atoms with Crippen LogP contribution in [0.25, 0.3) is 0 Å². The molecule has 0 aromatic heterocycles. The highest BCUT2D eigenvalue weighted by Gasteiger charge is 2.72. The number of epoxide rings is 1. The summed E-state index contributed by atoms with van der Waals surface area (Å²) in [6, 6.07) is 0. The average Bonchev–Trinajstić information content (AvgIpc) is 2.97. The summed E-state index contributed by atoms with van der Waals surface area (Å²) < 4.78 is 11.0. The van der Waals surface area contributed by atoms with Gasteiger partial charge >= 0.3 is 5.97 Å². The van der Waals surface area contributed by atoms with Crippen molar-refractivity contribution < 1.29 is 14.3 Å². The van der Waals surface area contributed by atoms with E-state index in [9.17, 15) is 4.79 Å². The van der Waals surface area contributed by atoms with Crippen LogP contribution in [-0.4, -0.2) is 23.8 Å². The molecular formula is C13H24O3. The summed E-state index contributed by atoms with van der Waals surface area (Å²) in [5.74, 6) is -0.171. The molecule has 16 heavy (non-hydrogen) atoms.